The van der Waals surface area contributed by atoms with Crippen molar-refractivity contribution < 1.29 is 4.74 Å². The topological polar surface area (TPSA) is 34.0 Å². The molecule has 0 radical (unpaired) electrons. The maximum atomic E-state index is 5.64. The molecule has 1 atom stereocenters. The van der Waals surface area contributed by atoms with E-state index in [1.54, 1.807) is 6.08 Å². The predicted molar refractivity (Wildman–Crippen MR) is 73.6 cm³/mol. The minimum Gasteiger partial charge on any atom is -0.468 e. The Morgan fingerprint density at radius 1 is 1.11 bits per heavy atom. The highest BCUT2D eigenvalue weighted by atomic mass is 35.6. The van der Waals surface area contributed by atoms with Gasteiger partial charge < -0.3 is 4.74 Å². The fourth-order valence-electron chi connectivity index (χ4n) is 1.27. The molecule has 1 unspecified atom stereocenters. The average molecular weight is 304 g/mol. The van der Waals surface area contributed by atoms with Gasteiger partial charge >= 0.3 is 0 Å². The number of nitrogens with zero attached hydrogens (tertiary/aromatic N) is 2. The Hall–Kier alpha value is -1.03. The summed E-state index contributed by atoms with van der Waals surface area (Å²) in [6, 6.07) is 9.80. The molecular weight excluding hydrogens is 295 g/mol. The highest BCUT2D eigenvalue weighted by Gasteiger charge is 2.35. The van der Waals surface area contributed by atoms with Crippen LogP contribution in [0.4, 0.5) is 0 Å². The van der Waals surface area contributed by atoms with Gasteiger partial charge in [0.15, 0.2) is 0 Å². The van der Waals surface area contributed by atoms with Crippen molar-refractivity contribution in [1.29, 1.82) is 0 Å². The van der Waals surface area contributed by atoms with E-state index < -0.39 is 10.0 Å². The summed E-state index contributed by atoms with van der Waals surface area (Å²) >= 11 is 16.9. The van der Waals surface area contributed by atoms with Crippen LogP contribution in [0, 0.1) is 0 Å². The van der Waals surface area contributed by atoms with E-state index in [0.29, 0.717) is 5.70 Å². The molecule has 0 aromatic heterocycles. The predicted octanol–water partition coefficient (Wildman–Crippen LogP) is 4.72. The fraction of sp³-hybridized carbons (Fsp3) is 0.167. The lowest BCUT2D eigenvalue weighted by molar-refractivity contribution is 0.138. The lowest BCUT2D eigenvalue weighted by Gasteiger charge is -2.20. The number of alkyl halides is 3. The molecule has 0 aliphatic carbocycles. The summed E-state index contributed by atoms with van der Waals surface area (Å²) in [6.07, 6.45) is 4.17. The molecule has 2 rings (SSSR count). The first kappa shape index (κ1) is 13.4. The van der Waals surface area contributed by atoms with Crippen LogP contribution in [-0.2, 0) is 4.74 Å². The van der Waals surface area contributed by atoms with Gasteiger partial charge in [-0.2, -0.15) is 0 Å². The molecular formula is C12H9Cl3N2O. The molecule has 0 fully saturated rings. The third-order valence-corrected chi connectivity index (χ3v) is 2.68. The Morgan fingerprint density at radius 2 is 1.83 bits per heavy atom. The SMILES string of the molecule is ClC(Cl)(Cl)C1N=NC(C=Cc2ccccc2)=CO1. The monoisotopic (exact) mass is 302 g/mol. The van der Waals surface area contributed by atoms with Crippen LogP contribution in [0.25, 0.3) is 6.08 Å². The summed E-state index contributed by atoms with van der Waals surface area (Å²) in [4.78, 5) is 0. The van der Waals surface area contributed by atoms with Crippen LogP contribution in [-0.4, -0.2) is 10.0 Å². The second kappa shape index (κ2) is 5.74. The molecule has 3 nitrogen and oxygen atoms in total. The first-order valence-corrected chi connectivity index (χ1v) is 6.25. The zero-order chi connectivity index (χ0) is 13.0. The van der Waals surface area contributed by atoms with Crippen molar-refractivity contribution in [3.8, 4) is 0 Å². The summed E-state index contributed by atoms with van der Waals surface area (Å²) in [5.41, 5.74) is 1.61. The maximum absolute atomic E-state index is 5.64. The number of allylic oxidation sites excluding steroid dienone is 1. The molecule has 0 saturated heterocycles. The summed E-state index contributed by atoms with van der Waals surface area (Å²) in [5, 5.41) is 7.70. The maximum Gasteiger partial charge on any atom is 0.254 e. The van der Waals surface area contributed by atoms with Gasteiger partial charge in [0.1, 0.15) is 12.0 Å². The van der Waals surface area contributed by atoms with Gasteiger partial charge in [-0.05, 0) is 11.6 Å². The molecule has 1 aliphatic rings. The fourth-order valence-corrected chi connectivity index (χ4v) is 1.55. The molecule has 1 aromatic rings. The van der Waals surface area contributed by atoms with E-state index in [1.165, 1.54) is 6.26 Å². The Morgan fingerprint density at radius 3 is 2.39 bits per heavy atom. The van der Waals surface area contributed by atoms with Crippen molar-refractivity contribution >= 4 is 40.9 Å². The van der Waals surface area contributed by atoms with E-state index in [4.69, 9.17) is 39.5 Å². The van der Waals surface area contributed by atoms with E-state index in [9.17, 15) is 0 Å². The van der Waals surface area contributed by atoms with Gasteiger partial charge in [-0.15, -0.1) is 10.2 Å². The summed E-state index contributed by atoms with van der Waals surface area (Å²) in [7, 11) is 0. The number of rotatable bonds is 2. The number of hydrogen-bond acceptors (Lipinski definition) is 3. The highest BCUT2D eigenvalue weighted by Crippen LogP contribution is 2.35. The van der Waals surface area contributed by atoms with Gasteiger partial charge in [0, 0.05) is 0 Å². The summed E-state index contributed by atoms with van der Waals surface area (Å²) < 4.78 is 3.56. The first-order chi connectivity index (χ1) is 8.55. The second-order valence-electron chi connectivity index (χ2n) is 3.53. The van der Waals surface area contributed by atoms with Gasteiger partial charge in [-0.3, -0.25) is 0 Å². The van der Waals surface area contributed by atoms with Crippen LogP contribution in [0.5, 0.6) is 0 Å². The lowest BCUT2D eigenvalue weighted by atomic mass is 10.2. The third kappa shape index (κ3) is 3.73. The van der Waals surface area contributed by atoms with Crippen LogP contribution >= 0.6 is 34.8 Å². The molecule has 0 bridgehead atoms. The van der Waals surface area contributed by atoms with E-state index in [0.717, 1.165) is 5.56 Å². The van der Waals surface area contributed by atoms with E-state index in [1.807, 2.05) is 36.4 Å². The Kier molecular flexibility index (Phi) is 4.27. The van der Waals surface area contributed by atoms with Crippen LogP contribution in [0.15, 0.2) is 58.6 Å². The molecule has 6 heteroatoms. The number of ether oxygens (including phenoxy) is 1. The first-order valence-electron chi connectivity index (χ1n) is 5.12. The quantitative estimate of drug-likeness (QED) is 0.728. The smallest absolute Gasteiger partial charge is 0.254 e. The van der Waals surface area contributed by atoms with Gasteiger partial charge in [-0.25, -0.2) is 0 Å². The molecule has 1 aliphatic heterocycles. The number of azo groups is 1. The second-order valence-corrected chi connectivity index (χ2v) is 5.90. The van der Waals surface area contributed by atoms with Crippen molar-refractivity contribution in [2.45, 2.75) is 10.0 Å². The zero-order valence-corrected chi connectivity index (χ0v) is 11.4. The largest absolute Gasteiger partial charge is 0.468 e. The molecule has 0 N–H and O–H groups in total. The minimum atomic E-state index is -1.62. The zero-order valence-electron chi connectivity index (χ0n) is 9.13. The number of halogens is 3. The Balaban J connectivity index is 2.00. The summed E-state index contributed by atoms with van der Waals surface area (Å²) in [5.74, 6) is 0. The third-order valence-electron chi connectivity index (χ3n) is 2.12. The van der Waals surface area contributed by atoms with Crippen molar-refractivity contribution in [1.82, 2.24) is 0 Å². The van der Waals surface area contributed by atoms with Crippen molar-refractivity contribution in [3.05, 3.63) is 53.9 Å². The van der Waals surface area contributed by atoms with E-state index >= 15 is 0 Å². The van der Waals surface area contributed by atoms with Gasteiger partial charge in [0.2, 0.25) is 3.79 Å². The molecule has 0 saturated carbocycles. The van der Waals surface area contributed by atoms with Crippen LogP contribution in [0.3, 0.4) is 0 Å². The van der Waals surface area contributed by atoms with Gasteiger partial charge in [0.25, 0.3) is 6.23 Å². The van der Waals surface area contributed by atoms with Crippen LogP contribution in [0.1, 0.15) is 5.56 Å². The lowest BCUT2D eigenvalue weighted by Crippen LogP contribution is -2.25. The number of hydrogen-bond donors (Lipinski definition) is 0. The van der Waals surface area contributed by atoms with Crippen molar-refractivity contribution in [3.63, 3.8) is 0 Å². The molecule has 0 amide bonds. The Labute approximate surface area is 120 Å². The molecule has 18 heavy (non-hydrogen) atoms. The van der Waals surface area contributed by atoms with Crippen molar-refractivity contribution in [2.24, 2.45) is 10.2 Å². The highest BCUT2D eigenvalue weighted by molar-refractivity contribution is 6.68. The standard InChI is InChI=1S/C12H9Cl3N2O/c13-12(14,15)11-17-16-10(8-18-11)7-6-9-4-2-1-3-5-9/h1-8,11H. The molecule has 1 heterocycles. The van der Waals surface area contributed by atoms with Crippen molar-refractivity contribution in [2.75, 3.05) is 0 Å². The van der Waals surface area contributed by atoms with Crippen LogP contribution in [0.2, 0.25) is 0 Å². The summed E-state index contributed by atoms with van der Waals surface area (Å²) in [6.45, 7) is 0. The molecule has 0 spiro atoms. The minimum absolute atomic E-state index is 0.560. The Bertz CT molecular complexity index is 492. The van der Waals surface area contributed by atoms with Gasteiger partial charge in [-0.1, -0.05) is 71.2 Å². The normalized spacial score (nSPS) is 19.7. The van der Waals surface area contributed by atoms with E-state index in [2.05, 4.69) is 10.2 Å². The number of benzene rings is 1. The van der Waals surface area contributed by atoms with Gasteiger partial charge in [0.05, 0.1) is 0 Å². The average Bonchev–Trinajstić information content (AvgIpc) is 2.37. The van der Waals surface area contributed by atoms with Crippen LogP contribution < -0.4 is 0 Å². The molecule has 1 aromatic carbocycles. The van der Waals surface area contributed by atoms with E-state index in [-0.39, 0.29) is 0 Å². The molecule has 94 valence electrons.